The summed E-state index contributed by atoms with van der Waals surface area (Å²) in [6.45, 7) is 5.53. The van der Waals surface area contributed by atoms with Crippen LogP contribution in [-0.2, 0) is 24.3 Å². The lowest BCUT2D eigenvalue weighted by molar-refractivity contribution is -0.145. The average Bonchev–Trinajstić information content (AvgIpc) is 2.52. The van der Waals surface area contributed by atoms with Crippen molar-refractivity contribution in [2.24, 2.45) is 0 Å². The number of nitrogens with one attached hydrogen (secondary N) is 1. The van der Waals surface area contributed by atoms with Crippen molar-refractivity contribution in [1.29, 1.82) is 0 Å². The van der Waals surface area contributed by atoms with Crippen LogP contribution in [0, 0.1) is 6.92 Å². The number of Topliss-reactive ketones (excluding diaryl/α,β-unsaturated/α-hetero) is 1. The second kappa shape index (κ2) is 9.54. The molecular weight excluding hydrogens is 330 g/mol. The molecule has 0 aliphatic carbocycles. The molecule has 0 radical (unpaired) electrons. The molecule has 0 heterocycles. The first-order valence-corrected chi connectivity index (χ1v) is 9.55. The van der Waals surface area contributed by atoms with Crippen LogP contribution < -0.4 is 4.72 Å². The van der Waals surface area contributed by atoms with Gasteiger partial charge in [-0.15, -0.1) is 0 Å². The number of ether oxygens (including phenoxy) is 1. The van der Waals surface area contributed by atoms with Gasteiger partial charge in [-0.1, -0.05) is 24.6 Å². The minimum Gasteiger partial charge on any atom is -0.465 e. The Hall–Kier alpha value is -1.73. The van der Waals surface area contributed by atoms with Crippen LogP contribution in [0.3, 0.4) is 0 Å². The molecule has 134 valence electrons. The average molecular weight is 355 g/mol. The van der Waals surface area contributed by atoms with E-state index in [9.17, 15) is 18.0 Å². The van der Waals surface area contributed by atoms with E-state index in [1.165, 1.54) is 12.1 Å². The van der Waals surface area contributed by atoms with Crippen molar-refractivity contribution in [3.05, 3.63) is 29.8 Å². The molecule has 0 saturated carbocycles. The summed E-state index contributed by atoms with van der Waals surface area (Å²) < 4.78 is 32.1. The summed E-state index contributed by atoms with van der Waals surface area (Å²) >= 11 is 0. The second-order valence-corrected chi connectivity index (χ2v) is 7.28. The van der Waals surface area contributed by atoms with Gasteiger partial charge in [-0.25, -0.2) is 8.42 Å². The van der Waals surface area contributed by atoms with Crippen LogP contribution in [0.5, 0.6) is 0 Å². The molecule has 0 fully saturated rings. The number of sulfonamides is 1. The van der Waals surface area contributed by atoms with Crippen molar-refractivity contribution in [3.63, 3.8) is 0 Å². The molecule has 6 nitrogen and oxygen atoms in total. The Bertz CT molecular complexity index is 652. The van der Waals surface area contributed by atoms with Gasteiger partial charge in [-0.05, 0) is 38.8 Å². The van der Waals surface area contributed by atoms with E-state index in [-0.39, 0.29) is 30.1 Å². The number of rotatable bonds is 10. The largest absolute Gasteiger partial charge is 0.465 e. The lowest BCUT2D eigenvalue weighted by atomic mass is 10.1. The lowest BCUT2D eigenvalue weighted by Gasteiger charge is -2.17. The first-order valence-electron chi connectivity index (χ1n) is 8.07. The number of benzene rings is 1. The van der Waals surface area contributed by atoms with E-state index in [1.54, 1.807) is 19.1 Å². The maximum absolute atomic E-state index is 12.4. The number of carbonyl (C=O) groups excluding carboxylic acids is 2. The molecule has 1 aromatic carbocycles. The van der Waals surface area contributed by atoms with E-state index in [2.05, 4.69) is 4.72 Å². The van der Waals surface area contributed by atoms with Crippen LogP contribution in [0.1, 0.15) is 45.1 Å². The fraction of sp³-hybridized carbons (Fsp3) is 0.529. The lowest BCUT2D eigenvalue weighted by Crippen LogP contribution is -2.42. The molecule has 0 amide bonds. The first-order chi connectivity index (χ1) is 11.3. The number of ketones is 1. The van der Waals surface area contributed by atoms with Gasteiger partial charge in [0, 0.05) is 12.8 Å². The van der Waals surface area contributed by atoms with E-state index < -0.39 is 22.0 Å². The second-order valence-electron chi connectivity index (χ2n) is 5.57. The zero-order chi connectivity index (χ0) is 18.2. The first kappa shape index (κ1) is 20.3. The van der Waals surface area contributed by atoms with E-state index in [4.69, 9.17) is 4.74 Å². The van der Waals surface area contributed by atoms with E-state index in [0.29, 0.717) is 6.42 Å². The highest BCUT2D eigenvalue weighted by Crippen LogP contribution is 2.13. The predicted octanol–water partition coefficient (Wildman–Crippen LogP) is 2.35. The van der Waals surface area contributed by atoms with E-state index >= 15 is 0 Å². The molecule has 0 aromatic heterocycles. The summed E-state index contributed by atoms with van der Waals surface area (Å²) in [6, 6.07) is 5.24. The van der Waals surface area contributed by atoms with Gasteiger partial charge >= 0.3 is 5.97 Å². The smallest absolute Gasteiger partial charge is 0.324 e. The minimum atomic E-state index is -3.86. The number of carbonyl (C=O) groups is 2. The highest BCUT2D eigenvalue weighted by Gasteiger charge is 2.27. The molecule has 0 spiro atoms. The van der Waals surface area contributed by atoms with Crippen molar-refractivity contribution in [2.45, 2.75) is 57.4 Å². The third-order valence-electron chi connectivity index (χ3n) is 3.44. The van der Waals surface area contributed by atoms with Gasteiger partial charge in [0.2, 0.25) is 10.0 Å². The molecule has 1 atom stereocenters. The highest BCUT2D eigenvalue weighted by atomic mass is 32.2. The fourth-order valence-electron chi connectivity index (χ4n) is 2.15. The van der Waals surface area contributed by atoms with Crippen molar-refractivity contribution < 1.29 is 22.7 Å². The normalized spacial score (nSPS) is 12.6. The molecule has 7 heteroatoms. The Morgan fingerprint density at radius 3 is 2.29 bits per heavy atom. The van der Waals surface area contributed by atoms with Gasteiger partial charge in [0.1, 0.15) is 11.8 Å². The van der Waals surface area contributed by atoms with Crippen molar-refractivity contribution in [3.8, 4) is 0 Å². The quantitative estimate of drug-likeness (QED) is 0.651. The Balaban J connectivity index is 2.88. The molecule has 0 saturated heterocycles. The number of aryl methyl sites for hydroxylation is 1. The Morgan fingerprint density at radius 1 is 1.12 bits per heavy atom. The van der Waals surface area contributed by atoms with Gasteiger partial charge < -0.3 is 4.74 Å². The summed E-state index contributed by atoms with van der Waals surface area (Å²) in [5, 5.41) is 0. The van der Waals surface area contributed by atoms with Crippen LogP contribution in [0.15, 0.2) is 29.2 Å². The molecule has 1 aromatic rings. The Labute approximate surface area is 143 Å². The summed E-state index contributed by atoms with van der Waals surface area (Å²) in [5.74, 6) is -0.668. The molecule has 0 aliphatic heterocycles. The van der Waals surface area contributed by atoms with Gasteiger partial charge in [0.25, 0.3) is 0 Å². The highest BCUT2D eigenvalue weighted by molar-refractivity contribution is 7.89. The van der Waals surface area contributed by atoms with Crippen molar-refractivity contribution in [2.75, 3.05) is 6.61 Å². The van der Waals surface area contributed by atoms with E-state index in [1.807, 2.05) is 13.8 Å². The maximum atomic E-state index is 12.4. The molecule has 0 bridgehead atoms. The van der Waals surface area contributed by atoms with Crippen molar-refractivity contribution in [1.82, 2.24) is 4.72 Å². The summed E-state index contributed by atoms with van der Waals surface area (Å²) in [4.78, 5) is 23.8. The SMILES string of the molecule is CCCC(=O)CC[C@H](NS(=O)(=O)c1ccc(C)cc1)C(=O)OCC. The summed E-state index contributed by atoms with van der Waals surface area (Å²) in [7, 11) is -3.86. The Kier molecular flexibility index (Phi) is 8.07. The third-order valence-corrected chi connectivity index (χ3v) is 4.93. The standard InChI is InChI=1S/C17H25NO5S/c1-4-6-14(19)9-12-16(17(20)23-5-2)18-24(21,22)15-10-7-13(3)8-11-15/h7-8,10-11,16,18H,4-6,9,12H2,1-3H3/t16-/m0/s1. The molecule has 0 unspecified atom stereocenters. The molecule has 1 N–H and O–H groups in total. The van der Waals surface area contributed by atoms with Gasteiger partial charge in [0.15, 0.2) is 0 Å². The van der Waals surface area contributed by atoms with Crippen molar-refractivity contribution >= 4 is 21.8 Å². The zero-order valence-corrected chi connectivity index (χ0v) is 15.2. The van der Waals surface area contributed by atoms with Crippen LogP contribution in [0.2, 0.25) is 0 Å². The molecular formula is C17H25NO5S. The maximum Gasteiger partial charge on any atom is 0.324 e. The van der Waals surface area contributed by atoms with Gasteiger partial charge in [-0.3, -0.25) is 9.59 Å². The topological polar surface area (TPSA) is 89.5 Å². The monoisotopic (exact) mass is 355 g/mol. The van der Waals surface area contributed by atoms with Crippen LogP contribution in [0.4, 0.5) is 0 Å². The Morgan fingerprint density at radius 2 is 1.75 bits per heavy atom. The van der Waals surface area contributed by atoms with E-state index in [0.717, 1.165) is 12.0 Å². The molecule has 24 heavy (non-hydrogen) atoms. The van der Waals surface area contributed by atoms with Crippen LogP contribution >= 0.6 is 0 Å². The molecule has 0 aliphatic rings. The van der Waals surface area contributed by atoms with Crippen LogP contribution in [0.25, 0.3) is 0 Å². The van der Waals surface area contributed by atoms with Gasteiger partial charge in [0.05, 0.1) is 11.5 Å². The number of hydrogen-bond acceptors (Lipinski definition) is 5. The zero-order valence-electron chi connectivity index (χ0n) is 14.4. The predicted molar refractivity (Wildman–Crippen MR) is 91.1 cm³/mol. The third kappa shape index (κ3) is 6.41. The fourth-order valence-corrected chi connectivity index (χ4v) is 3.37. The minimum absolute atomic E-state index is 0.00123. The molecule has 1 rings (SSSR count). The number of hydrogen-bond donors (Lipinski definition) is 1. The summed E-state index contributed by atoms with van der Waals surface area (Å²) in [6.07, 6.45) is 1.36. The number of esters is 1. The van der Waals surface area contributed by atoms with Gasteiger partial charge in [-0.2, -0.15) is 4.72 Å². The van der Waals surface area contributed by atoms with Crippen LogP contribution in [-0.4, -0.2) is 32.8 Å². The summed E-state index contributed by atoms with van der Waals surface area (Å²) in [5.41, 5.74) is 0.932.